The van der Waals surface area contributed by atoms with Gasteiger partial charge in [0.2, 0.25) is 0 Å². The van der Waals surface area contributed by atoms with E-state index in [1.54, 1.807) is 6.92 Å². The highest BCUT2D eigenvalue weighted by molar-refractivity contribution is 7.92. The van der Waals surface area contributed by atoms with Crippen LogP contribution in [0, 0.1) is 12.7 Å². The topological polar surface area (TPSA) is 67.3 Å². The molecular weight excluding hydrogens is 281 g/mol. The Morgan fingerprint density at radius 1 is 1.35 bits per heavy atom. The summed E-state index contributed by atoms with van der Waals surface area (Å²) >= 11 is 0. The molecule has 1 aromatic heterocycles. The molecule has 1 aromatic rings. The van der Waals surface area contributed by atoms with Crippen molar-refractivity contribution in [3.8, 4) is 0 Å². The lowest BCUT2D eigenvalue weighted by Gasteiger charge is -2.43. The number of hydrogen-bond acceptors (Lipinski definition) is 4. The summed E-state index contributed by atoms with van der Waals surface area (Å²) < 4.78 is 37.7. The van der Waals surface area contributed by atoms with E-state index in [1.165, 1.54) is 6.07 Å². The molecule has 2 atom stereocenters. The Bertz CT molecular complexity index is 624. The van der Waals surface area contributed by atoms with Gasteiger partial charge in [0, 0.05) is 0 Å². The van der Waals surface area contributed by atoms with Gasteiger partial charge < -0.3 is 5.11 Å². The average Bonchev–Trinajstić information content (AvgIpc) is 2.31. The third-order valence-corrected chi connectivity index (χ3v) is 7.26. The molecule has 2 unspecified atom stereocenters. The lowest BCUT2D eigenvalue weighted by molar-refractivity contribution is 0.000292. The molecule has 3 heterocycles. The Balaban J connectivity index is 2.02. The standard InChI is InChI=1S/C14H18FNO3S/c1-9-5-10(15)8-16-13(9)14(17)6-11-3-2-4-12(7-14)20(11,18)19/h5,8,11-12,17H,2-4,6-7H2,1H3. The van der Waals surface area contributed by atoms with Crippen molar-refractivity contribution in [2.24, 2.45) is 0 Å². The zero-order chi connectivity index (χ0) is 14.5. The number of aromatic nitrogens is 1. The average molecular weight is 299 g/mol. The molecule has 0 aromatic carbocycles. The van der Waals surface area contributed by atoms with E-state index in [1.807, 2.05) is 0 Å². The van der Waals surface area contributed by atoms with Gasteiger partial charge >= 0.3 is 0 Å². The molecular formula is C14H18FNO3S. The van der Waals surface area contributed by atoms with Crippen LogP contribution in [0.25, 0.3) is 0 Å². The summed E-state index contributed by atoms with van der Waals surface area (Å²) in [6.07, 6.45) is 3.51. The molecule has 3 rings (SSSR count). The number of aliphatic hydroxyl groups is 1. The Hall–Kier alpha value is -1.01. The molecule has 2 aliphatic heterocycles. The van der Waals surface area contributed by atoms with Crippen LogP contribution in [0.1, 0.15) is 43.4 Å². The van der Waals surface area contributed by atoms with E-state index in [2.05, 4.69) is 4.98 Å². The summed E-state index contributed by atoms with van der Waals surface area (Å²) in [5.41, 5.74) is -0.255. The van der Waals surface area contributed by atoms with Crippen LogP contribution in [0.5, 0.6) is 0 Å². The van der Waals surface area contributed by atoms with Gasteiger partial charge in [0.1, 0.15) is 11.4 Å². The number of nitrogens with zero attached hydrogens (tertiary/aromatic N) is 1. The summed E-state index contributed by atoms with van der Waals surface area (Å²) in [5, 5.41) is 9.91. The number of rotatable bonds is 1. The van der Waals surface area contributed by atoms with E-state index in [0.29, 0.717) is 24.1 Å². The summed E-state index contributed by atoms with van der Waals surface area (Å²) in [5.74, 6) is -0.446. The predicted molar refractivity (Wildman–Crippen MR) is 72.4 cm³/mol. The third kappa shape index (κ3) is 2.05. The molecule has 110 valence electrons. The van der Waals surface area contributed by atoms with E-state index in [-0.39, 0.29) is 12.8 Å². The number of sulfone groups is 1. The fourth-order valence-electron chi connectivity index (χ4n) is 3.67. The van der Waals surface area contributed by atoms with Crippen LogP contribution in [0.4, 0.5) is 4.39 Å². The maximum absolute atomic E-state index is 13.2. The minimum atomic E-state index is -3.13. The monoisotopic (exact) mass is 299 g/mol. The van der Waals surface area contributed by atoms with Gasteiger partial charge in [-0.2, -0.15) is 0 Å². The molecule has 0 spiro atoms. The zero-order valence-electron chi connectivity index (χ0n) is 11.3. The van der Waals surface area contributed by atoms with Crippen molar-refractivity contribution in [2.75, 3.05) is 0 Å². The van der Waals surface area contributed by atoms with Gasteiger partial charge in [0.15, 0.2) is 9.84 Å². The predicted octanol–water partition coefficient (Wildman–Crippen LogP) is 1.85. The summed E-state index contributed by atoms with van der Waals surface area (Å²) in [4.78, 5) is 4.03. The van der Waals surface area contributed by atoms with Crippen LogP contribution in [0.15, 0.2) is 12.3 Å². The SMILES string of the molecule is Cc1cc(F)cnc1C1(O)CC2CCCC(C1)S2(=O)=O. The minimum absolute atomic E-state index is 0.172. The van der Waals surface area contributed by atoms with Gasteiger partial charge in [-0.05, 0) is 44.2 Å². The van der Waals surface area contributed by atoms with Crippen molar-refractivity contribution in [1.29, 1.82) is 0 Å². The van der Waals surface area contributed by atoms with E-state index in [9.17, 15) is 17.9 Å². The summed E-state index contributed by atoms with van der Waals surface area (Å²) in [7, 11) is -3.13. The number of aryl methyl sites for hydroxylation is 1. The van der Waals surface area contributed by atoms with E-state index < -0.39 is 31.8 Å². The molecule has 0 saturated carbocycles. The van der Waals surface area contributed by atoms with Crippen molar-refractivity contribution in [3.05, 3.63) is 29.3 Å². The smallest absolute Gasteiger partial charge is 0.156 e. The second-order valence-corrected chi connectivity index (χ2v) is 8.53. The van der Waals surface area contributed by atoms with Gasteiger partial charge in [0.25, 0.3) is 0 Å². The number of hydrogen-bond donors (Lipinski definition) is 1. The molecule has 0 radical (unpaired) electrons. The first-order valence-corrected chi connectivity index (χ1v) is 8.51. The van der Waals surface area contributed by atoms with Crippen LogP contribution in [0.2, 0.25) is 0 Å². The van der Waals surface area contributed by atoms with Crippen LogP contribution >= 0.6 is 0 Å². The molecule has 4 nitrogen and oxygen atoms in total. The van der Waals surface area contributed by atoms with Gasteiger partial charge in [-0.3, -0.25) is 4.98 Å². The molecule has 2 bridgehead atoms. The van der Waals surface area contributed by atoms with Crippen molar-refractivity contribution in [3.63, 3.8) is 0 Å². The fourth-order valence-corrected chi connectivity index (χ4v) is 6.22. The van der Waals surface area contributed by atoms with E-state index >= 15 is 0 Å². The van der Waals surface area contributed by atoms with Gasteiger partial charge in [-0.15, -0.1) is 0 Å². The lowest BCUT2D eigenvalue weighted by atomic mass is 9.81. The number of halogens is 1. The Kier molecular flexibility index (Phi) is 3.14. The molecule has 0 amide bonds. The molecule has 2 saturated heterocycles. The van der Waals surface area contributed by atoms with E-state index in [0.717, 1.165) is 12.6 Å². The highest BCUT2D eigenvalue weighted by Crippen LogP contribution is 2.46. The number of pyridine rings is 1. The van der Waals surface area contributed by atoms with E-state index in [4.69, 9.17) is 0 Å². The first-order chi connectivity index (χ1) is 9.33. The molecule has 2 fully saturated rings. The van der Waals surface area contributed by atoms with Gasteiger partial charge in [-0.25, -0.2) is 12.8 Å². The van der Waals surface area contributed by atoms with Crippen molar-refractivity contribution < 1.29 is 17.9 Å². The first kappa shape index (κ1) is 13.9. The minimum Gasteiger partial charge on any atom is -0.383 e. The number of fused-ring (bicyclic) bond motifs is 2. The van der Waals surface area contributed by atoms with Crippen molar-refractivity contribution in [2.45, 2.75) is 55.1 Å². The molecule has 20 heavy (non-hydrogen) atoms. The van der Waals surface area contributed by atoms with Crippen molar-refractivity contribution in [1.82, 2.24) is 4.98 Å². The van der Waals surface area contributed by atoms with Crippen LogP contribution < -0.4 is 0 Å². The fraction of sp³-hybridized carbons (Fsp3) is 0.643. The Morgan fingerprint density at radius 2 is 1.95 bits per heavy atom. The largest absolute Gasteiger partial charge is 0.383 e. The molecule has 0 aliphatic carbocycles. The maximum atomic E-state index is 13.2. The van der Waals surface area contributed by atoms with Crippen LogP contribution in [-0.4, -0.2) is 29.0 Å². The summed E-state index contributed by atoms with van der Waals surface area (Å²) in [6.45, 7) is 1.70. The van der Waals surface area contributed by atoms with Gasteiger partial charge in [0.05, 0.1) is 22.4 Å². The normalized spacial score (nSPS) is 35.8. The Morgan fingerprint density at radius 3 is 2.50 bits per heavy atom. The summed E-state index contributed by atoms with van der Waals surface area (Å²) in [6, 6.07) is 1.33. The Labute approximate surface area is 118 Å². The van der Waals surface area contributed by atoms with Crippen molar-refractivity contribution >= 4 is 9.84 Å². The first-order valence-electron chi connectivity index (χ1n) is 6.91. The highest BCUT2D eigenvalue weighted by Gasteiger charge is 2.51. The quantitative estimate of drug-likeness (QED) is 0.859. The third-order valence-electron chi connectivity index (χ3n) is 4.60. The second kappa shape index (κ2) is 4.49. The second-order valence-electron chi connectivity index (χ2n) is 6.02. The highest BCUT2D eigenvalue weighted by atomic mass is 32.2. The lowest BCUT2D eigenvalue weighted by Crippen LogP contribution is -2.50. The van der Waals surface area contributed by atoms with Crippen LogP contribution in [-0.2, 0) is 15.4 Å². The molecule has 2 aliphatic rings. The van der Waals surface area contributed by atoms with Crippen LogP contribution in [0.3, 0.4) is 0 Å². The molecule has 1 N–H and O–H groups in total. The maximum Gasteiger partial charge on any atom is 0.156 e. The molecule has 6 heteroatoms. The zero-order valence-corrected chi connectivity index (χ0v) is 12.2. The van der Waals surface area contributed by atoms with Gasteiger partial charge in [-0.1, -0.05) is 6.42 Å².